The normalized spacial score (nSPS) is 10.8. The molecule has 0 aliphatic heterocycles. The number of thioether (sulfide) groups is 1. The largest absolute Gasteiger partial charge is 0.114 e. The lowest BCUT2D eigenvalue weighted by molar-refractivity contribution is 1.17. The molecule has 0 nitrogen and oxygen atoms in total. The summed E-state index contributed by atoms with van der Waals surface area (Å²) in [4.78, 5) is 0. The minimum Gasteiger partial charge on any atom is -0.114 e. The van der Waals surface area contributed by atoms with Crippen LogP contribution in [0.4, 0.5) is 0 Å². The molecule has 0 amide bonds. The number of benzene rings is 4. The summed E-state index contributed by atoms with van der Waals surface area (Å²) >= 11 is 7.40. The number of thiocarbonyl (C=S) groups is 1. The van der Waals surface area contributed by atoms with E-state index in [0.29, 0.717) is 0 Å². The summed E-state index contributed by atoms with van der Waals surface area (Å²) in [5.41, 5.74) is 4.96. The van der Waals surface area contributed by atoms with Gasteiger partial charge in [-0.25, -0.2) is 0 Å². The SMILES string of the molecule is S=C(SCCc1ccc2ccccc2c1)c1ccc(-c2ccccc2)cc1. The highest BCUT2D eigenvalue weighted by Crippen LogP contribution is 2.23. The summed E-state index contributed by atoms with van der Waals surface area (Å²) in [7, 11) is 0. The third-order valence-corrected chi connectivity index (χ3v) is 6.16. The Bertz CT molecular complexity index is 1050. The fourth-order valence-electron chi connectivity index (χ4n) is 3.17. The van der Waals surface area contributed by atoms with E-state index < -0.39 is 0 Å². The first kappa shape index (κ1) is 18.0. The quantitative estimate of drug-likeness (QED) is 0.335. The Morgan fingerprint density at radius 3 is 2.11 bits per heavy atom. The topological polar surface area (TPSA) is 0 Å². The Labute approximate surface area is 170 Å². The van der Waals surface area contributed by atoms with E-state index in [1.54, 1.807) is 11.8 Å². The molecule has 0 radical (unpaired) electrons. The summed E-state index contributed by atoms with van der Waals surface area (Å²) in [6.07, 6.45) is 1.03. The number of hydrogen-bond donors (Lipinski definition) is 0. The summed E-state index contributed by atoms with van der Waals surface area (Å²) in [5, 5.41) is 2.60. The molecule has 4 aromatic carbocycles. The molecule has 0 bridgehead atoms. The predicted octanol–water partition coefficient (Wildman–Crippen LogP) is 7.16. The van der Waals surface area contributed by atoms with Crippen molar-refractivity contribution in [1.29, 1.82) is 0 Å². The average molecular weight is 385 g/mol. The van der Waals surface area contributed by atoms with Crippen LogP contribution >= 0.6 is 24.0 Å². The number of aryl methyl sites for hydroxylation is 1. The van der Waals surface area contributed by atoms with Gasteiger partial charge in [-0.1, -0.05) is 109 Å². The lowest BCUT2D eigenvalue weighted by Crippen LogP contribution is -1.96. The number of rotatable bonds is 5. The molecular weight excluding hydrogens is 364 g/mol. The van der Waals surface area contributed by atoms with Gasteiger partial charge < -0.3 is 0 Å². The van der Waals surface area contributed by atoms with Gasteiger partial charge in [0.15, 0.2) is 0 Å². The maximum atomic E-state index is 5.64. The Morgan fingerprint density at radius 1 is 0.667 bits per heavy atom. The van der Waals surface area contributed by atoms with Crippen molar-refractivity contribution in [3.8, 4) is 11.1 Å². The van der Waals surface area contributed by atoms with Gasteiger partial charge in [0.25, 0.3) is 0 Å². The maximum absolute atomic E-state index is 5.64. The minimum absolute atomic E-state index is 0.968. The number of fused-ring (bicyclic) bond motifs is 1. The maximum Gasteiger partial charge on any atom is 0.0778 e. The first-order valence-electron chi connectivity index (χ1n) is 9.10. The molecular formula is C25H20S2. The zero-order valence-electron chi connectivity index (χ0n) is 15.0. The summed E-state index contributed by atoms with van der Waals surface area (Å²) in [6, 6.07) is 34.2. The van der Waals surface area contributed by atoms with Crippen molar-refractivity contribution in [2.45, 2.75) is 6.42 Å². The third-order valence-electron chi connectivity index (χ3n) is 4.67. The van der Waals surface area contributed by atoms with Crippen molar-refractivity contribution in [1.82, 2.24) is 0 Å². The van der Waals surface area contributed by atoms with Gasteiger partial charge in [0.2, 0.25) is 0 Å². The van der Waals surface area contributed by atoms with Crippen LogP contribution in [0.1, 0.15) is 11.1 Å². The molecule has 0 saturated heterocycles. The first-order chi connectivity index (χ1) is 13.3. The van der Waals surface area contributed by atoms with Crippen molar-refractivity contribution >= 4 is 38.9 Å². The van der Waals surface area contributed by atoms with Gasteiger partial charge in [0, 0.05) is 5.75 Å². The summed E-state index contributed by atoms with van der Waals surface area (Å²) < 4.78 is 0.968. The molecule has 0 heterocycles. The van der Waals surface area contributed by atoms with E-state index >= 15 is 0 Å². The molecule has 0 aromatic heterocycles. The molecule has 0 saturated carbocycles. The van der Waals surface area contributed by atoms with Gasteiger partial charge in [0.05, 0.1) is 4.20 Å². The standard InChI is InChI=1S/C25H20S2/c26-25(23-14-12-22(13-15-23)20-6-2-1-3-7-20)27-17-16-19-10-11-21-8-4-5-9-24(21)18-19/h1-15,18H,16-17H2. The van der Waals surface area contributed by atoms with Crippen LogP contribution in [0.3, 0.4) is 0 Å². The fourth-order valence-corrected chi connectivity index (χ4v) is 4.38. The van der Waals surface area contributed by atoms with Crippen LogP contribution in [0.2, 0.25) is 0 Å². The molecule has 4 rings (SSSR count). The van der Waals surface area contributed by atoms with Gasteiger partial charge in [-0.15, -0.1) is 11.8 Å². The van der Waals surface area contributed by atoms with E-state index in [1.165, 1.54) is 27.5 Å². The van der Waals surface area contributed by atoms with Gasteiger partial charge in [-0.05, 0) is 39.4 Å². The second kappa shape index (κ2) is 8.51. The van der Waals surface area contributed by atoms with Crippen LogP contribution in [0.25, 0.3) is 21.9 Å². The van der Waals surface area contributed by atoms with Crippen molar-refractivity contribution in [2.24, 2.45) is 0 Å². The molecule has 0 aliphatic rings. The second-order valence-corrected chi connectivity index (χ2v) is 8.28. The second-order valence-electron chi connectivity index (χ2n) is 6.51. The Kier molecular flexibility index (Phi) is 5.66. The third kappa shape index (κ3) is 4.47. The van der Waals surface area contributed by atoms with Gasteiger partial charge in [-0.2, -0.15) is 0 Å². The van der Waals surface area contributed by atoms with Gasteiger partial charge in [0.1, 0.15) is 0 Å². The van der Waals surface area contributed by atoms with E-state index in [-0.39, 0.29) is 0 Å². The first-order valence-corrected chi connectivity index (χ1v) is 10.5. The van der Waals surface area contributed by atoms with E-state index in [9.17, 15) is 0 Å². The monoisotopic (exact) mass is 384 g/mol. The lowest BCUT2D eigenvalue weighted by atomic mass is 10.0. The van der Waals surface area contributed by atoms with Crippen LogP contribution in [0, 0.1) is 0 Å². The molecule has 0 spiro atoms. The van der Waals surface area contributed by atoms with Crippen molar-refractivity contribution in [2.75, 3.05) is 5.75 Å². The molecule has 0 aliphatic carbocycles. The van der Waals surface area contributed by atoms with Crippen LogP contribution in [-0.2, 0) is 6.42 Å². The van der Waals surface area contributed by atoms with E-state index in [0.717, 1.165) is 21.9 Å². The highest BCUT2D eigenvalue weighted by atomic mass is 32.2. The molecule has 0 atom stereocenters. The van der Waals surface area contributed by atoms with E-state index in [1.807, 2.05) is 6.07 Å². The molecule has 2 heteroatoms. The fraction of sp³-hybridized carbons (Fsp3) is 0.0800. The highest BCUT2D eigenvalue weighted by Gasteiger charge is 2.04. The molecule has 132 valence electrons. The van der Waals surface area contributed by atoms with Gasteiger partial charge in [-0.3, -0.25) is 0 Å². The number of hydrogen-bond acceptors (Lipinski definition) is 2. The summed E-state index contributed by atoms with van der Waals surface area (Å²) in [5.74, 6) is 0.998. The van der Waals surface area contributed by atoms with Crippen molar-refractivity contribution in [3.05, 3.63) is 108 Å². The lowest BCUT2D eigenvalue weighted by Gasteiger charge is -2.07. The molecule has 0 N–H and O–H groups in total. The molecule has 27 heavy (non-hydrogen) atoms. The van der Waals surface area contributed by atoms with E-state index in [2.05, 4.69) is 91.0 Å². The van der Waals surface area contributed by atoms with Crippen LogP contribution in [0.15, 0.2) is 97.1 Å². The zero-order chi connectivity index (χ0) is 18.5. The van der Waals surface area contributed by atoms with Crippen molar-refractivity contribution in [3.63, 3.8) is 0 Å². The Balaban J connectivity index is 1.36. The van der Waals surface area contributed by atoms with Crippen molar-refractivity contribution < 1.29 is 0 Å². The Morgan fingerprint density at radius 2 is 1.33 bits per heavy atom. The summed E-state index contributed by atoms with van der Waals surface area (Å²) in [6.45, 7) is 0. The van der Waals surface area contributed by atoms with Crippen LogP contribution in [0.5, 0.6) is 0 Å². The average Bonchev–Trinajstić information content (AvgIpc) is 2.74. The minimum atomic E-state index is 0.968. The highest BCUT2D eigenvalue weighted by molar-refractivity contribution is 8.23. The van der Waals surface area contributed by atoms with Gasteiger partial charge >= 0.3 is 0 Å². The molecule has 4 aromatic rings. The van der Waals surface area contributed by atoms with Crippen LogP contribution < -0.4 is 0 Å². The van der Waals surface area contributed by atoms with Crippen LogP contribution in [-0.4, -0.2) is 9.95 Å². The zero-order valence-corrected chi connectivity index (χ0v) is 16.6. The molecule has 0 fully saturated rings. The predicted molar refractivity (Wildman–Crippen MR) is 124 cm³/mol. The smallest absolute Gasteiger partial charge is 0.0778 e. The Hall–Kier alpha value is -2.42. The molecule has 0 unspecified atom stereocenters. The van der Waals surface area contributed by atoms with E-state index in [4.69, 9.17) is 12.2 Å².